The number of carbonyl (C=O) groups is 5. The summed E-state index contributed by atoms with van der Waals surface area (Å²) in [4.78, 5) is 59.9. The van der Waals surface area contributed by atoms with Crippen molar-refractivity contribution in [2.24, 2.45) is 0 Å². The summed E-state index contributed by atoms with van der Waals surface area (Å²) in [6.07, 6.45) is 13.3. The molecule has 0 heterocycles. The molecule has 0 aliphatic carbocycles. The lowest BCUT2D eigenvalue weighted by atomic mass is 9.95. The third-order valence-corrected chi connectivity index (χ3v) is 6.48. The molecule has 0 rings (SSSR count). The predicted octanol–water partition coefficient (Wildman–Crippen LogP) is 4.08. The fourth-order valence-electron chi connectivity index (χ4n) is 4.02. The molecule has 12 nitrogen and oxygen atoms in total. The van der Waals surface area contributed by atoms with E-state index in [0.29, 0.717) is 6.42 Å². The fourth-order valence-corrected chi connectivity index (χ4v) is 4.02. The van der Waals surface area contributed by atoms with Crippen LogP contribution in [-0.4, -0.2) is 81.3 Å². The molecule has 0 aromatic heterocycles. The maximum absolute atomic E-state index is 12.5. The van der Waals surface area contributed by atoms with Crippen molar-refractivity contribution >= 4 is 29.8 Å². The smallest absolute Gasteiger partial charge is 0.349 e. The van der Waals surface area contributed by atoms with Crippen LogP contribution in [0.3, 0.4) is 0 Å². The van der Waals surface area contributed by atoms with E-state index >= 15 is 0 Å². The number of ether oxygens (including phenoxy) is 3. The fraction of sp³-hybridized carbons (Fsp3) is 0.767. The van der Waals surface area contributed by atoms with E-state index < -0.39 is 73.7 Å². The maximum atomic E-state index is 12.5. The van der Waals surface area contributed by atoms with Crippen LogP contribution in [0, 0.1) is 0 Å². The topological polar surface area (TPSA) is 194 Å². The SMILES string of the molecule is CCCCCCCC/C=C\CCCCCCCC(=O)OC(C)C(=O)OC(CC(=O)O)(CC(=O)OCC(O)CO)C(=O)O. The molecule has 4 N–H and O–H groups in total. The summed E-state index contributed by atoms with van der Waals surface area (Å²) in [7, 11) is 0. The van der Waals surface area contributed by atoms with Crippen molar-refractivity contribution in [2.75, 3.05) is 13.2 Å². The number of aliphatic carboxylic acids is 2. The molecule has 0 aliphatic heterocycles. The molecule has 42 heavy (non-hydrogen) atoms. The van der Waals surface area contributed by atoms with Crippen molar-refractivity contribution < 1.29 is 58.6 Å². The molecule has 0 fully saturated rings. The molecule has 0 aromatic carbocycles. The Morgan fingerprint density at radius 3 is 1.86 bits per heavy atom. The molecule has 0 saturated carbocycles. The standard InChI is InChI=1S/C30H50O12/c1-3-4-5-6-7-8-9-10-11-12-13-14-15-16-17-18-26(35)41-23(2)28(37)42-30(29(38)39,19-25(33)34)20-27(36)40-22-24(32)21-31/h10-11,23-24,31-32H,3-9,12-22H2,1-2H3,(H,33,34)(H,38,39)/b11-10-. The van der Waals surface area contributed by atoms with Gasteiger partial charge < -0.3 is 34.6 Å². The lowest BCUT2D eigenvalue weighted by Crippen LogP contribution is -2.49. The minimum absolute atomic E-state index is 0.0362. The minimum atomic E-state index is -2.84. The van der Waals surface area contributed by atoms with Gasteiger partial charge in [-0.05, 0) is 39.0 Å². The molecule has 0 radical (unpaired) electrons. The number of unbranched alkanes of at least 4 members (excludes halogenated alkanes) is 11. The van der Waals surface area contributed by atoms with Crippen LogP contribution in [0.2, 0.25) is 0 Å². The second kappa shape index (κ2) is 23.6. The largest absolute Gasteiger partial charge is 0.481 e. The first-order valence-electron chi connectivity index (χ1n) is 14.9. The molecule has 0 aliphatic rings. The van der Waals surface area contributed by atoms with Crippen LogP contribution in [0.4, 0.5) is 0 Å². The Morgan fingerprint density at radius 2 is 1.33 bits per heavy atom. The van der Waals surface area contributed by atoms with Crippen molar-refractivity contribution in [3.05, 3.63) is 12.2 Å². The van der Waals surface area contributed by atoms with Crippen molar-refractivity contribution in [1.29, 1.82) is 0 Å². The summed E-state index contributed by atoms with van der Waals surface area (Å²) in [6.45, 7) is 1.94. The zero-order chi connectivity index (χ0) is 31.8. The highest BCUT2D eigenvalue weighted by Crippen LogP contribution is 2.24. The van der Waals surface area contributed by atoms with Gasteiger partial charge in [-0.25, -0.2) is 9.59 Å². The zero-order valence-electron chi connectivity index (χ0n) is 25.1. The first kappa shape index (κ1) is 39.0. The Bertz CT molecular complexity index is 840. The zero-order valence-corrected chi connectivity index (χ0v) is 25.1. The summed E-state index contributed by atoms with van der Waals surface area (Å²) in [5, 5.41) is 36.8. The van der Waals surface area contributed by atoms with E-state index in [4.69, 9.17) is 19.7 Å². The van der Waals surface area contributed by atoms with Gasteiger partial charge in [0.25, 0.3) is 0 Å². The molecule has 0 saturated heterocycles. The highest BCUT2D eigenvalue weighted by molar-refractivity contribution is 5.92. The van der Waals surface area contributed by atoms with E-state index in [-0.39, 0.29) is 6.42 Å². The molecule has 12 heteroatoms. The highest BCUT2D eigenvalue weighted by Gasteiger charge is 2.48. The molecule has 3 unspecified atom stereocenters. The van der Waals surface area contributed by atoms with Gasteiger partial charge in [0.15, 0.2) is 6.10 Å². The van der Waals surface area contributed by atoms with Gasteiger partial charge in [0, 0.05) is 6.42 Å². The molecule has 0 amide bonds. The van der Waals surface area contributed by atoms with Gasteiger partial charge in [0.1, 0.15) is 12.7 Å². The second-order valence-corrected chi connectivity index (χ2v) is 10.5. The van der Waals surface area contributed by atoms with E-state index in [2.05, 4.69) is 23.8 Å². The van der Waals surface area contributed by atoms with Gasteiger partial charge in [-0.2, -0.15) is 0 Å². The van der Waals surface area contributed by atoms with Crippen LogP contribution in [0.15, 0.2) is 12.2 Å². The molecule has 0 bridgehead atoms. The normalized spacial score (nSPS) is 14.1. The third kappa shape index (κ3) is 19.2. The highest BCUT2D eigenvalue weighted by atomic mass is 16.6. The number of hydrogen-bond donors (Lipinski definition) is 4. The van der Waals surface area contributed by atoms with Gasteiger partial charge in [0.2, 0.25) is 5.60 Å². The number of allylic oxidation sites excluding steroid dienone is 2. The summed E-state index contributed by atoms with van der Waals surface area (Å²) in [5.74, 6) is -6.94. The average Bonchev–Trinajstić information content (AvgIpc) is 2.93. The van der Waals surface area contributed by atoms with Gasteiger partial charge in [-0.1, -0.05) is 70.4 Å². The van der Waals surface area contributed by atoms with Gasteiger partial charge in [-0.3, -0.25) is 14.4 Å². The average molecular weight is 603 g/mol. The Morgan fingerprint density at radius 1 is 0.786 bits per heavy atom. The van der Waals surface area contributed by atoms with Gasteiger partial charge >= 0.3 is 29.8 Å². The summed E-state index contributed by atoms with van der Waals surface area (Å²) in [6, 6.07) is 0. The number of aliphatic hydroxyl groups excluding tert-OH is 2. The quantitative estimate of drug-likeness (QED) is 0.0480. The van der Waals surface area contributed by atoms with E-state index in [9.17, 15) is 34.2 Å². The summed E-state index contributed by atoms with van der Waals surface area (Å²) >= 11 is 0. The van der Waals surface area contributed by atoms with Crippen LogP contribution >= 0.6 is 0 Å². The molecular weight excluding hydrogens is 552 g/mol. The van der Waals surface area contributed by atoms with E-state index in [1.165, 1.54) is 38.5 Å². The number of hydrogen-bond acceptors (Lipinski definition) is 10. The van der Waals surface area contributed by atoms with Crippen LogP contribution in [-0.2, 0) is 38.2 Å². The monoisotopic (exact) mass is 602 g/mol. The lowest BCUT2D eigenvalue weighted by molar-refractivity contribution is -0.194. The molecule has 242 valence electrons. The Balaban J connectivity index is 4.44. The molecule has 0 aromatic rings. The number of carbonyl (C=O) groups excluding carboxylic acids is 3. The maximum Gasteiger partial charge on any atom is 0.349 e. The minimum Gasteiger partial charge on any atom is -0.481 e. The number of rotatable bonds is 26. The van der Waals surface area contributed by atoms with E-state index in [0.717, 1.165) is 45.4 Å². The molecular formula is C30H50O12. The first-order chi connectivity index (χ1) is 20.0. The van der Waals surface area contributed by atoms with Crippen LogP contribution in [0.1, 0.15) is 117 Å². The van der Waals surface area contributed by atoms with Crippen molar-refractivity contribution in [1.82, 2.24) is 0 Å². The lowest BCUT2D eigenvalue weighted by Gasteiger charge is -2.28. The number of esters is 3. The molecule has 3 atom stereocenters. The van der Waals surface area contributed by atoms with Crippen LogP contribution in [0.25, 0.3) is 0 Å². The third-order valence-electron chi connectivity index (χ3n) is 6.48. The second-order valence-electron chi connectivity index (χ2n) is 10.5. The summed E-state index contributed by atoms with van der Waals surface area (Å²) < 4.78 is 14.5. The van der Waals surface area contributed by atoms with Gasteiger partial charge in [-0.15, -0.1) is 0 Å². The van der Waals surface area contributed by atoms with Crippen molar-refractivity contribution in [3.63, 3.8) is 0 Å². The van der Waals surface area contributed by atoms with Crippen LogP contribution in [0.5, 0.6) is 0 Å². The number of carboxylic acids is 2. The van der Waals surface area contributed by atoms with Crippen LogP contribution < -0.4 is 0 Å². The van der Waals surface area contributed by atoms with Crippen molar-refractivity contribution in [2.45, 2.75) is 134 Å². The van der Waals surface area contributed by atoms with Crippen molar-refractivity contribution in [3.8, 4) is 0 Å². The number of carboxylic acid groups (broad SMARTS) is 2. The summed E-state index contributed by atoms with van der Waals surface area (Å²) in [5.41, 5.74) is -2.84. The van der Waals surface area contributed by atoms with E-state index in [1.54, 1.807) is 0 Å². The Kier molecular flexibility index (Phi) is 21.9. The first-order valence-corrected chi connectivity index (χ1v) is 14.9. The molecule has 0 spiro atoms. The number of aliphatic hydroxyl groups is 2. The van der Waals surface area contributed by atoms with Gasteiger partial charge in [0.05, 0.1) is 19.4 Å². The van der Waals surface area contributed by atoms with E-state index in [1.807, 2.05) is 0 Å². The predicted molar refractivity (Wildman–Crippen MR) is 152 cm³/mol. The Labute approximate surface area is 248 Å². The Hall–Kier alpha value is -2.99.